The molecule has 1 fully saturated rings. The lowest BCUT2D eigenvalue weighted by molar-refractivity contribution is 0.0492. The average Bonchev–Trinajstić information content (AvgIpc) is 3.38. The molecule has 0 radical (unpaired) electrons. The summed E-state index contributed by atoms with van der Waals surface area (Å²) in [5.74, 6) is -1.21. The Morgan fingerprint density at radius 3 is 2.27 bits per heavy atom. The Kier molecular flexibility index (Phi) is 9.65. The van der Waals surface area contributed by atoms with Gasteiger partial charge in [0.15, 0.2) is 0 Å². The zero-order valence-electron chi connectivity index (χ0n) is 25.6. The molecular formula is C34H36ClF2N3O4S. The molecule has 2 aromatic heterocycles. The van der Waals surface area contributed by atoms with E-state index in [0.29, 0.717) is 38.0 Å². The van der Waals surface area contributed by atoms with Gasteiger partial charge in [0.05, 0.1) is 22.2 Å². The van der Waals surface area contributed by atoms with Crippen molar-refractivity contribution in [3.05, 3.63) is 82.0 Å². The van der Waals surface area contributed by atoms with Gasteiger partial charge in [-0.1, -0.05) is 44.5 Å². The minimum atomic E-state index is -0.959. The lowest BCUT2D eigenvalue weighted by atomic mass is 9.87. The summed E-state index contributed by atoms with van der Waals surface area (Å²) < 4.78 is 35.2. The quantitative estimate of drug-likeness (QED) is 0.205. The Morgan fingerprint density at radius 1 is 1.02 bits per heavy atom. The number of pyridine rings is 1. The van der Waals surface area contributed by atoms with Gasteiger partial charge < -0.3 is 19.6 Å². The van der Waals surface area contributed by atoms with Gasteiger partial charge in [-0.25, -0.2) is 13.6 Å². The van der Waals surface area contributed by atoms with Crippen LogP contribution in [0.2, 0.25) is 5.02 Å². The van der Waals surface area contributed by atoms with Crippen molar-refractivity contribution < 1.29 is 28.2 Å². The summed E-state index contributed by atoms with van der Waals surface area (Å²) in [6.07, 6.45) is 4.69. The number of carboxylic acid groups (broad SMARTS) is 1. The number of methoxy groups -OCH3 is 1. The van der Waals surface area contributed by atoms with Crippen molar-refractivity contribution in [2.45, 2.75) is 65.1 Å². The molecule has 1 saturated carbocycles. The van der Waals surface area contributed by atoms with E-state index in [-0.39, 0.29) is 44.0 Å². The molecule has 238 valence electrons. The SMILES string of the molecule is COc1ccc(-c2cccnc2)cc1CN(C(=O)c1sc2c(F)ccc(F)c2c1Cl)C1CCC(N(CC(C)(C)C)C(=O)O)CC1. The van der Waals surface area contributed by atoms with Crippen LogP contribution in [0.5, 0.6) is 5.75 Å². The number of thiophene rings is 1. The maximum absolute atomic E-state index is 14.8. The molecule has 11 heteroatoms. The molecular weight excluding hydrogens is 620 g/mol. The van der Waals surface area contributed by atoms with Crippen molar-refractivity contribution in [3.8, 4) is 16.9 Å². The van der Waals surface area contributed by atoms with Gasteiger partial charge in [0, 0.05) is 48.7 Å². The number of carbonyl (C=O) groups excluding carboxylic acids is 1. The number of benzene rings is 2. The maximum Gasteiger partial charge on any atom is 0.407 e. The predicted molar refractivity (Wildman–Crippen MR) is 173 cm³/mol. The zero-order chi connectivity index (χ0) is 32.5. The second-order valence-electron chi connectivity index (χ2n) is 12.6. The van der Waals surface area contributed by atoms with Gasteiger partial charge in [-0.2, -0.15) is 0 Å². The monoisotopic (exact) mass is 655 g/mol. The number of fused-ring (bicyclic) bond motifs is 1. The summed E-state index contributed by atoms with van der Waals surface area (Å²) in [5, 5.41) is 9.76. The van der Waals surface area contributed by atoms with Gasteiger partial charge in [0.25, 0.3) is 5.91 Å². The first kappa shape index (κ1) is 32.6. The van der Waals surface area contributed by atoms with Crippen LogP contribution in [0.1, 0.15) is 61.7 Å². The number of halogens is 3. The van der Waals surface area contributed by atoms with Crippen molar-refractivity contribution in [2.75, 3.05) is 13.7 Å². The summed E-state index contributed by atoms with van der Waals surface area (Å²) in [7, 11) is 1.56. The first-order valence-corrected chi connectivity index (χ1v) is 16.0. The van der Waals surface area contributed by atoms with Crippen molar-refractivity contribution in [1.82, 2.24) is 14.8 Å². The Balaban J connectivity index is 1.52. The van der Waals surface area contributed by atoms with Crippen molar-refractivity contribution in [1.29, 1.82) is 0 Å². The minimum Gasteiger partial charge on any atom is -0.496 e. The number of rotatable bonds is 8. The van der Waals surface area contributed by atoms with Crippen molar-refractivity contribution in [2.24, 2.45) is 5.41 Å². The third-order valence-corrected chi connectivity index (χ3v) is 9.87. The second kappa shape index (κ2) is 13.3. The zero-order valence-corrected chi connectivity index (χ0v) is 27.2. The van der Waals surface area contributed by atoms with E-state index in [0.717, 1.165) is 40.2 Å². The molecule has 0 atom stereocenters. The van der Waals surface area contributed by atoms with Gasteiger partial charge >= 0.3 is 6.09 Å². The summed E-state index contributed by atoms with van der Waals surface area (Å²) in [5.41, 5.74) is 2.31. The van der Waals surface area contributed by atoms with E-state index in [1.54, 1.807) is 24.4 Å². The smallest absolute Gasteiger partial charge is 0.407 e. The van der Waals surface area contributed by atoms with Gasteiger partial charge in [-0.05, 0) is 67.0 Å². The van der Waals surface area contributed by atoms with Crippen LogP contribution in [0, 0.1) is 17.0 Å². The Hall–Kier alpha value is -3.76. The minimum absolute atomic E-state index is 0.0116. The largest absolute Gasteiger partial charge is 0.496 e. The van der Waals surface area contributed by atoms with Crippen molar-refractivity contribution in [3.63, 3.8) is 0 Å². The van der Waals surface area contributed by atoms with Crippen LogP contribution >= 0.6 is 22.9 Å². The molecule has 45 heavy (non-hydrogen) atoms. The molecule has 4 aromatic rings. The highest BCUT2D eigenvalue weighted by Gasteiger charge is 2.36. The molecule has 0 saturated heterocycles. The van der Waals surface area contributed by atoms with Crippen LogP contribution in [-0.4, -0.2) is 57.6 Å². The van der Waals surface area contributed by atoms with E-state index in [4.69, 9.17) is 16.3 Å². The molecule has 0 aliphatic heterocycles. The predicted octanol–water partition coefficient (Wildman–Crippen LogP) is 8.88. The molecule has 1 aliphatic carbocycles. The summed E-state index contributed by atoms with van der Waals surface area (Å²) >= 11 is 7.43. The number of carbonyl (C=O) groups is 2. The van der Waals surface area contributed by atoms with Crippen LogP contribution in [0.4, 0.5) is 13.6 Å². The van der Waals surface area contributed by atoms with Crippen LogP contribution in [0.3, 0.4) is 0 Å². The highest BCUT2D eigenvalue weighted by atomic mass is 35.5. The topological polar surface area (TPSA) is 83.0 Å². The first-order chi connectivity index (χ1) is 21.4. The average molecular weight is 656 g/mol. The van der Waals surface area contributed by atoms with E-state index in [1.165, 1.54) is 4.90 Å². The fourth-order valence-electron chi connectivity index (χ4n) is 6.08. The molecule has 5 rings (SSSR count). The number of amides is 2. The number of hydrogen-bond acceptors (Lipinski definition) is 5. The summed E-state index contributed by atoms with van der Waals surface area (Å²) in [6.45, 7) is 6.55. The molecule has 1 N–H and O–H groups in total. The summed E-state index contributed by atoms with van der Waals surface area (Å²) in [6, 6.07) is 11.1. The van der Waals surface area contributed by atoms with Gasteiger partial charge in [0.1, 0.15) is 22.3 Å². The summed E-state index contributed by atoms with van der Waals surface area (Å²) in [4.78, 5) is 34.1. The van der Waals surface area contributed by atoms with E-state index < -0.39 is 23.6 Å². The maximum atomic E-state index is 14.8. The van der Waals surface area contributed by atoms with Crippen LogP contribution < -0.4 is 4.74 Å². The Bertz CT molecular complexity index is 1700. The van der Waals surface area contributed by atoms with E-state index >= 15 is 0 Å². The number of ether oxygens (including phenoxy) is 1. The molecule has 0 bridgehead atoms. The molecule has 2 amide bonds. The lowest BCUT2D eigenvalue weighted by Gasteiger charge is -2.41. The van der Waals surface area contributed by atoms with E-state index in [1.807, 2.05) is 51.1 Å². The van der Waals surface area contributed by atoms with Crippen LogP contribution in [-0.2, 0) is 6.54 Å². The number of hydrogen-bond donors (Lipinski definition) is 1. The molecule has 1 aliphatic rings. The lowest BCUT2D eigenvalue weighted by Crippen LogP contribution is -2.49. The van der Waals surface area contributed by atoms with Crippen LogP contribution in [0.15, 0.2) is 54.9 Å². The highest BCUT2D eigenvalue weighted by Crippen LogP contribution is 2.41. The van der Waals surface area contributed by atoms with Crippen LogP contribution in [0.25, 0.3) is 21.2 Å². The molecule has 0 spiro atoms. The Labute approximate surface area is 270 Å². The van der Waals surface area contributed by atoms with E-state index in [2.05, 4.69) is 4.98 Å². The molecule has 7 nitrogen and oxygen atoms in total. The van der Waals surface area contributed by atoms with Gasteiger partial charge in [-0.3, -0.25) is 9.78 Å². The molecule has 2 heterocycles. The molecule has 0 unspecified atom stereocenters. The Morgan fingerprint density at radius 2 is 1.69 bits per heavy atom. The third kappa shape index (κ3) is 7.07. The van der Waals surface area contributed by atoms with Gasteiger partial charge in [-0.15, -0.1) is 11.3 Å². The number of nitrogens with zero attached hydrogens (tertiary/aromatic N) is 3. The van der Waals surface area contributed by atoms with E-state index in [9.17, 15) is 23.5 Å². The normalized spacial score (nSPS) is 16.9. The fraction of sp³-hybridized carbons (Fsp3) is 0.382. The highest BCUT2D eigenvalue weighted by molar-refractivity contribution is 7.21. The number of aromatic nitrogens is 1. The van der Waals surface area contributed by atoms with Gasteiger partial charge in [0.2, 0.25) is 0 Å². The van der Waals surface area contributed by atoms with Crippen molar-refractivity contribution >= 4 is 45.0 Å². The second-order valence-corrected chi connectivity index (χ2v) is 14.0. The third-order valence-electron chi connectivity index (χ3n) is 8.19. The standard InChI is InChI=1S/C34H36ClF2N3O4S/c1-34(2,3)19-40(33(42)43)24-10-8-23(9-11-24)39(32(41)31-29(35)28-25(36)12-13-26(37)30(28)45-31)18-22-16-20(7-14-27(22)44-4)21-6-5-15-38-17-21/h5-7,12-17,23-24H,8-11,18-19H2,1-4H3,(H,42,43). The fourth-order valence-corrected chi connectivity index (χ4v) is 7.58. The molecule has 2 aromatic carbocycles. The first-order valence-electron chi connectivity index (χ1n) is 14.8.